The highest BCUT2D eigenvalue weighted by molar-refractivity contribution is 6.33. The van der Waals surface area contributed by atoms with Gasteiger partial charge < -0.3 is 10.0 Å². The SMILES string of the molecule is CN(C)c1ccc(C=NNC(=O)c2ccc(O)cc2)c(Cl)c1. The Hall–Kier alpha value is -2.53. The Balaban J connectivity index is 2.03. The number of halogens is 1. The van der Waals surface area contributed by atoms with Gasteiger partial charge in [0.05, 0.1) is 11.2 Å². The molecule has 0 saturated carbocycles. The first-order valence-corrected chi connectivity index (χ1v) is 6.94. The van der Waals surface area contributed by atoms with Crippen LogP contribution in [-0.4, -0.2) is 31.3 Å². The largest absolute Gasteiger partial charge is 0.508 e. The highest BCUT2D eigenvalue weighted by atomic mass is 35.5. The topological polar surface area (TPSA) is 64.9 Å². The number of carbonyl (C=O) groups excluding carboxylic acids is 1. The molecule has 2 aromatic rings. The fraction of sp³-hybridized carbons (Fsp3) is 0.125. The number of benzene rings is 2. The Labute approximate surface area is 133 Å². The molecule has 0 aliphatic rings. The molecular weight excluding hydrogens is 302 g/mol. The van der Waals surface area contributed by atoms with Gasteiger partial charge in [-0.25, -0.2) is 5.43 Å². The van der Waals surface area contributed by atoms with Crippen molar-refractivity contribution in [2.24, 2.45) is 5.10 Å². The number of anilines is 1. The summed E-state index contributed by atoms with van der Waals surface area (Å²) in [6.45, 7) is 0. The molecule has 2 aromatic carbocycles. The second kappa shape index (κ2) is 6.95. The number of hydrazone groups is 1. The molecular formula is C16H16ClN3O2. The predicted octanol–water partition coefficient (Wildman–Crippen LogP) is 2.88. The molecule has 0 heterocycles. The number of phenols is 1. The van der Waals surface area contributed by atoms with E-state index in [-0.39, 0.29) is 11.7 Å². The number of carbonyl (C=O) groups is 1. The lowest BCUT2D eigenvalue weighted by Crippen LogP contribution is -2.17. The highest BCUT2D eigenvalue weighted by Crippen LogP contribution is 2.21. The molecule has 0 aliphatic heterocycles. The number of hydrogen-bond acceptors (Lipinski definition) is 4. The minimum absolute atomic E-state index is 0.104. The molecule has 6 heteroatoms. The Bertz CT molecular complexity index is 697. The Morgan fingerprint density at radius 1 is 1.23 bits per heavy atom. The van der Waals surface area contributed by atoms with Gasteiger partial charge in [-0.05, 0) is 42.5 Å². The summed E-state index contributed by atoms with van der Waals surface area (Å²) in [7, 11) is 3.86. The summed E-state index contributed by atoms with van der Waals surface area (Å²) >= 11 is 6.16. The minimum Gasteiger partial charge on any atom is -0.508 e. The summed E-state index contributed by atoms with van der Waals surface area (Å²) in [5.74, 6) is -0.259. The monoisotopic (exact) mass is 317 g/mol. The Kier molecular flexibility index (Phi) is 5.01. The van der Waals surface area contributed by atoms with Crippen molar-refractivity contribution in [1.29, 1.82) is 0 Å². The van der Waals surface area contributed by atoms with Crippen LogP contribution in [0.3, 0.4) is 0 Å². The maximum absolute atomic E-state index is 11.8. The summed E-state index contributed by atoms with van der Waals surface area (Å²) in [6, 6.07) is 11.5. The van der Waals surface area contributed by atoms with Gasteiger partial charge in [0.1, 0.15) is 5.75 Å². The molecule has 0 unspecified atom stereocenters. The third kappa shape index (κ3) is 3.99. The zero-order valence-corrected chi connectivity index (χ0v) is 13.0. The second-order valence-corrected chi connectivity index (χ2v) is 5.25. The zero-order valence-electron chi connectivity index (χ0n) is 12.2. The minimum atomic E-state index is -0.364. The van der Waals surface area contributed by atoms with E-state index in [2.05, 4.69) is 10.5 Å². The maximum atomic E-state index is 11.8. The molecule has 5 nitrogen and oxygen atoms in total. The molecule has 2 N–H and O–H groups in total. The average Bonchev–Trinajstić information content (AvgIpc) is 2.49. The number of nitrogens with zero attached hydrogens (tertiary/aromatic N) is 2. The zero-order chi connectivity index (χ0) is 16.1. The van der Waals surface area contributed by atoms with Crippen molar-refractivity contribution in [2.75, 3.05) is 19.0 Å². The van der Waals surface area contributed by atoms with Crippen LogP contribution in [0.25, 0.3) is 0 Å². The number of aromatic hydroxyl groups is 1. The molecule has 0 bridgehead atoms. The van der Waals surface area contributed by atoms with Gasteiger partial charge in [0.2, 0.25) is 0 Å². The lowest BCUT2D eigenvalue weighted by molar-refractivity contribution is 0.0955. The summed E-state index contributed by atoms with van der Waals surface area (Å²) in [6.07, 6.45) is 1.49. The fourth-order valence-electron chi connectivity index (χ4n) is 1.74. The smallest absolute Gasteiger partial charge is 0.271 e. The number of nitrogens with one attached hydrogen (secondary N) is 1. The van der Waals surface area contributed by atoms with Crippen LogP contribution in [0, 0.1) is 0 Å². The van der Waals surface area contributed by atoms with E-state index in [4.69, 9.17) is 11.6 Å². The number of rotatable bonds is 4. The summed E-state index contributed by atoms with van der Waals surface area (Å²) in [4.78, 5) is 13.8. The van der Waals surface area contributed by atoms with Gasteiger partial charge in [0, 0.05) is 30.9 Å². The van der Waals surface area contributed by atoms with Crippen LogP contribution in [0.5, 0.6) is 5.75 Å². The van der Waals surface area contributed by atoms with E-state index < -0.39 is 0 Å². The molecule has 2 rings (SSSR count). The van der Waals surface area contributed by atoms with Crippen molar-refractivity contribution < 1.29 is 9.90 Å². The first kappa shape index (κ1) is 15.9. The van der Waals surface area contributed by atoms with Crippen molar-refractivity contribution in [2.45, 2.75) is 0 Å². The van der Waals surface area contributed by atoms with E-state index in [9.17, 15) is 9.90 Å². The van der Waals surface area contributed by atoms with Gasteiger partial charge in [-0.3, -0.25) is 4.79 Å². The normalized spacial score (nSPS) is 10.7. The molecule has 0 saturated heterocycles. The lowest BCUT2D eigenvalue weighted by atomic mass is 10.2. The van der Waals surface area contributed by atoms with Crippen LogP contribution in [0.2, 0.25) is 5.02 Å². The van der Waals surface area contributed by atoms with Gasteiger partial charge in [0.15, 0.2) is 0 Å². The second-order valence-electron chi connectivity index (χ2n) is 4.85. The molecule has 0 atom stereocenters. The summed E-state index contributed by atoms with van der Waals surface area (Å²) in [5.41, 5.74) is 4.51. The Morgan fingerprint density at radius 2 is 1.91 bits per heavy atom. The lowest BCUT2D eigenvalue weighted by Gasteiger charge is -2.13. The fourth-order valence-corrected chi connectivity index (χ4v) is 1.96. The van der Waals surface area contributed by atoms with Gasteiger partial charge in [-0.15, -0.1) is 0 Å². The first-order valence-electron chi connectivity index (χ1n) is 6.56. The van der Waals surface area contributed by atoms with Crippen LogP contribution < -0.4 is 10.3 Å². The number of phenolic OH excluding ortho intramolecular Hbond substituents is 1. The van der Waals surface area contributed by atoms with Crippen molar-refractivity contribution in [1.82, 2.24) is 5.43 Å². The maximum Gasteiger partial charge on any atom is 0.271 e. The first-order chi connectivity index (χ1) is 10.5. The van der Waals surface area contributed by atoms with Crippen molar-refractivity contribution in [3.05, 3.63) is 58.6 Å². The van der Waals surface area contributed by atoms with E-state index in [1.807, 2.05) is 37.2 Å². The van der Waals surface area contributed by atoms with E-state index in [0.717, 1.165) is 5.69 Å². The molecule has 1 amide bonds. The summed E-state index contributed by atoms with van der Waals surface area (Å²) in [5, 5.41) is 13.6. The van der Waals surface area contributed by atoms with Crippen LogP contribution in [0.4, 0.5) is 5.69 Å². The quantitative estimate of drug-likeness (QED) is 0.673. The molecule has 0 aromatic heterocycles. The van der Waals surface area contributed by atoms with Gasteiger partial charge in [-0.1, -0.05) is 11.6 Å². The molecule has 0 fully saturated rings. The van der Waals surface area contributed by atoms with Crippen molar-refractivity contribution >= 4 is 29.4 Å². The van der Waals surface area contributed by atoms with Gasteiger partial charge in [-0.2, -0.15) is 5.10 Å². The van der Waals surface area contributed by atoms with E-state index in [1.54, 1.807) is 0 Å². The molecule has 0 spiro atoms. The predicted molar refractivity (Wildman–Crippen MR) is 88.9 cm³/mol. The number of amides is 1. The highest BCUT2D eigenvalue weighted by Gasteiger charge is 2.04. The van der Waals surface area contributed by atoms with Gasteiger partial charge >= 0.3 is 0 Å². The van der Waals surface area contributed by atoms with E-state index >= 15 is 0 Å². The molecule has 0 radical (unpaired) electrons. The third-order valence-corrected chi connectivity index (χ3v) is 3.33. The molecule has 22 heavy (non-hydrogen) atoms. The van der Waals surface area contributed by atoms with E-state index in [0.29, 0.717) is 16.1 Å². The van der Waals surface area contributed by atoms with E-state index in [1.165, 1.54) is 30.5 Å². The summed E-state index contributed by atoms with van der Waals surface area (Å²) < 4.78 is 0. The van der Waals surface area contributed by atoms with Crippen molar-refractivity contribution in [3.63, 3.8) is 0 Å². The van der Waals surface area contributed by atoms with Gasteiger partial charge in [0.25, 0.3) is 5.91 Å². The Morgan fingerprint density at radius 3 is 2.50 bits per heavy atom. The third-order valence-electron chi connectivity index (χ3n) is 3.00. The number of hydrogen-bond donors (Lipinski definition) is 2. The van der Waals surface area contributed by atoms with Crippen LogP contribution >= 0.6 is 11.6 Å². The molecule has 114 valence electrons. The van der Waals surface area contributed by atoms with Crippen LogP contribution in [0.1, 0.15) is 15.9 Å². The van der Waals surface area contributed by atoms with Crippen LogP contribution in [0.15, 0.2) is 47.6 Å². The standard InChI is InChI=1S/C16H16ClN3O2/c1-20(2)13-6-3-12(15(17)9-13)10-18-19-16(22)11-4-7-14(21)8-5-11/h3-10,21H,1-2H3,(H,19,22). The average molecular weight is 318 g/mol. The molecule has 0 aliphatic carbocycles. The van der Waals surface area contributed by atoms with Crippen molar-refractivity contribution in [3.8, 4) is 5.75 Å². The van der Waals surface area contributed by atoms with Crippen LogP contribution in [-0.2, 0) is 0 Å².